The van der Waals surface area contributed by atoms with Gasteiger partial charge in [0, 0.05) is 18.2 Å². The average Bonchev–Trinajstić information content (AvgIpc) is 2.37. The molecule has 1 aliphatic rings. The number of rotatable bonds is 1. The molecule has 1 atom stereocenters. The van der Waals surface area contributed by atoms with Crippen LogP contribution in [0, 0.1) is 6.92 Å². The van der Waals surface area contributed by atoms with Gasteiger partial charge < -0.3 is 4.98 Å². The lowest BCUT2D eigenvalue weighted by molar-refractivity contribution is 0.584. The lowest BCUT2D eigenvalue weighted by atomic mass is 9.84. The van der Waals surface area contributed by atoms with Crippen molar-refractivity contribution >= 4 is 0 Å². The number of fused-ring (bicyclic) bond motifs is 1. The fourth-order valence-electron chi connectivity index (χ4n) is 2.68. The largest absolute Gasteiger partial charge is 0.311 e. The molecule has 0 bridgehead atoms. The minimum atomic E-state index is -0.0828. The quantitative estimate of drug-likeness (QED) is 0.830. The van der Waals surface area contributed by atoms with Crippen molar-refractivity contribution in [1.82, 2.24) is 15.0 Å². The summed E-state index contributed by atoms with van der Waals surface area (Å²) in [4.78, 5) is 23.2. The van der Waals surface area contributed by atoms with E-state index in [4.69, 9.17) is 0 Å². The number of nitrogens with zero attached hydrogens (tertiary/aromatic N) is 2. The smallest absolute Gasteiger partial charge is 0.251 e. The number of nitrogens with one attached hydrogen (secondary N) is 1. The molecule has 2 aromatic heterocycles. The number of hydrogen-bond acceptors (Lipinski definition) is 3. The van der Waals surface area contributed by atoms with Gasteiger partial charge in [-0.1, -0.05) is 6.07 Å². The molecule has 2 aromatic rings. The summed E-state index contributed by atoms with van der Waals surface area (Å²) in [7, 11) is 0. The van der Waals surface area contributed by atoms with Crippen molar-refractivity contribution < 1.29 is 0 Å². The van der Waals surface area contributed by atoms with Crippen LogP contribution in [0.3, 0.4) is 0 Å². The van der Waals surface area contributed by atoms with E-state index < -0.39 is 0 Å². The Morgan fingerprint density at radius 3 is 3.17 bits per heavy atom. The van der Waals surface area contributed by atoms with Gasteiger partial charge in [0.05, 0.1) is 11.4 Å². The van der Waals surface area contributed by atoms with Gasteiger partial charge in [0.15, 0.2) is 0 Å². The topological polar surface area (TPSA) is 58.6 Å². The number of aryl methyl sites for hydroxylation is 2. The van der Waals surface area contributed by atoms with Gasteiger partial charge in [0.25, 0.3) is 5.56 Å². The molecule has 0 saturated heterocycles. The third kappa shape index (κ3) is 1.94. The van der Waals surface area contributed by atoms with Crippen LogP contribution in [0.1, 0.15) is 41.5 Å². The molecule has 0 spiro atoms. The average molecular weight is 241 g/mol. The molecule has 3 rings (SSSR count). The first-order valence-electron chi connectivity index (χ1n) is 6.25. The van der Waals surface area contributed by atoms with Crippen LogP contribution >= 0.6 is 0 Å². The fraction of sp³-hybridized carbons (Fsp3) is 0.357. The first-order valence-corrected chi connectivity index (χ1v) is 6.25. The number of hydrogen-bond donors (Lipinski definition) is 1. The maximum atomic E-state index is 11.5. The van der Waals surface area contributed by atoms with Crippen molar-refractivity contribution in [2.24, 2.45) is 0 Å². The van der Waals surface area contributed by atoms with Crippen molar-refractivity contribution in [3.63, 3.8) is 0 Å². The van der Waals surface area contributed by atoms with Crippen LogP contribution in [-0.4, -0.2) is 15.0 Å². The molecule has 0 fully saturated rings. The maximum Gasteiger partial charge on any atom is 0.251 e. The van der Waals surface area contributed by atoms with E-state index in [9.17, 15) is 4.79 Å². The van der Waals surface area contributed by atoms with Gasteiger partial charge in [-0.05, 0) is 37.8 Å². The van der Waals surface area contributed by atoms with Crippen LogP contribution in [-0.2, 0) is 6.42 Å². The summed E-state index contributed by atoms with van der Waals surface area (Å²) < 4.78 is 0. The van der Waals surface area contributed by atoms with Crippen LogP contribution in [0.15, 0.2) is 29.2 Å². The SMILES string of the molecule is Cc1nc(C2CCCc3cccnc32)cc(=O)[nH]1. The lowest BCUT2D eigenvalue weighted by Crippen LogP contribution is -2.18. The minimum absolute atomic E-state index is 0.0828. The zero-order valence-electron chi connectivity index (χ0n) is 10.3. The summed E-state index contributed by atoms with van der Waals surface area (Å²) in [6.45, 7) is 1.81. The van der Waals surface area contributed by atoms with Crippen LogP contribution < -0.4 is 5.56 Å². The van der Waals surface area contributed by atoms with Crippen molar-refractivity contribution in [1.29, 1.82) is 0 Å². The molecule has 18 heavy (non-hydrogen) atoms. The lowest BCUT2D eigenvalue weighted by Gasteiger charge is -2.23. The molecule has 4 nitrogen and oxygen atoms in total. The number of aromatic amines is 1. The first kappa shape index (κ1) is 11.1. The van der Waals surface area contributed by atoms with E-state index in [2.05, 4.69) is 21.0 Å². The van der Waals surface area contributed by atoms with E-state index >= 15 is 0 Å². The summed E-state index contributed by atoms with van der Waals surface area (Å²) in [6.07, 6.45) is 5.02. The van der Waals surface area contributed by atoms with E-state index in [0.717, 1.165) is 30.7 Å². The highest BCUT2D eigenvalue weighted by Crippen LogP contribution is 2.33. The summed E-state index contributed by atoms with van der Waals surface area (Å²) in [5.41, 5.74) is 3.13. The molecule has 0 aromatic carbocycles. The molecular weight excluding hydrogens is 226 g/mol. The minimum Gasteiger partial charge on any atom is -0.311 e. The third-order valence-electron chi connectivity index (χ3n) is 3.43. The van der Waals surface area contributed by atoms with Gasteiger partial charge in [0.1, 0.15) is 5.82 Å². The Morgan fingerprint density at radius 2 is 2.33 bits per heavy atom. The molecule has 4 heteroatoms. The van der Waals surface area contributed by atoms with Crippen molar-refractivity contribution in [2.75, 3.05) is 0 Å². The van der Waals surface area contributed by atoms with Gasteiger partial charge >= 0.3 is 0 Å². The standard InChI is InChI=1S/C14H15N3O/c1-9-16-12(8-13(18)17-9)11-6-2-4-10-5-3-7-15-14(10)11/h3,5,7-8,11H,2,4,6H2,1H3,(H,16,17,18). The molecular formula is C14H15N3O. The molecule has 0 radical (unpaired) electrons. The third-order valence-corrected chi connectivity index (χ3v) is 3.43. The van der Waals surface area contributed by atoms with Gasteiger partial charge in [-0.25, -0.2) is 4.98 Å². The number of H-pyrrole nitrogens is 1. The van der Waals surface area contributed by atoms with E-state index in [1.54, 1.807) is 6.07 Å². The number of pyridine rings is 1. The van der Waals surface area contributed by atoms with E-state index in [0.29, 0.717) is 5.82 Å². The van der Waals surface area contributed by atoms with E-state index in [-0.39, 0.29) is 11.5 Å². The molecule has 1 aliphatic carbocycles. The predicted molar refractivity (Wildman–Crippen MR) is 68.6 cm³/mol. The van der Waals surface area contributed by atoms with Crippen molar-refractivity contribution in [2.45, 2.75) is 32.1 Å². The molecule has 0 aliphatic heterocycles. The summed E-state index contributed by atoms with van der Waals surface area (Å²) in [5.74, 6) is 0.830. The van der Waals surface area contributed by atoms with Crippen LogP contribution in [0.5, 0.6) is 0 Å². The van der Waals surface area contributed by atoms with Crippen LogP contribution in [0.4, 0.5) is 0 Å². The summed E-state index contributed by atoms with van der Waals surface area (Å²) in [5, 5.41) is 0. The van der Waals surface area contributed by atoms with Crippen molar-refractivity contribution in [3.05, 3.63) is 57.5 Å². The molecule has 92 valence electrons. The zero-order chi connectivity index (χ0) is 12.5. The van der Waals surface area contributed by atoms with Crippen LogP contribution in [0.2, 0.25) is 0 Å². The Hall–Kier alpha value is -1.97. The highest BCUT2D eigenvalue weighted by molar-refractivity contribution is 5.32. The van der Waals surface area contributed by atoms with E-state index in [1.807, 2.05) is 19.2 Å². The Kier molecular flexibility index (Phi) is 2.70. The maximum absolute atomic E-state index is 11.5. The summed E-state index contributed by atoms with van der Waals surface area (Å²) >= 11 is 0. The van der Waals surface area contributed by atoms with Gasteiger partial charge in [-0.3, -0.25) is 9.78 Å². The monoisotopic (exact) mass is 241 g/mol. The highest BCUT2D eigenvalue weighted by Gasteiger charge is 2.24. The molecule has 1 unspecified atom stereocenters. The Balaban J connectivity index is 2.11. The van der Waals surface area contributed by atoms with Gasteiger partial charge in [-0.2, -0.15) is 0 Å². The first-order chi connectivity index (χ1) is 8.74. The molecule has 0 amide bonds. The Morgan fingerprint density at radius 1 is 1.44 bits per heavy atom. The second-order valence-electron chi connectivity index (χ2n) is 4.75. The summed E-state index contributed by atoms with van der Waals surface area (Å²) in [6, 6.07) is 5.69. The molecule has 0 saturated carbocycles. The second-order valence-corrected chi connectivity index (χ2v) is 4.75. The molecule has 2 heterocycles. The van der Waals surface area contributed by atoms with Gasteiger partial charge in [0.2, 0.25) is 0 Å². The Labute approximate surface area is 105 Å². The molecule has 1 N–H and O–H groups in total. The number of aromatic nitrogens is 3. The second kappa shape index (κ2) is 4.37. The van der Waals surface area contributed by atoms with Gasteiger partial charge in [-0.15, -0.1) is 0 Å². The zero-order valence-corrected chi connectivity index (χ0v) is 10.3. The predicted octanol–water partition coefficient (Wildman–Crippen LogP) is 1.94. The van der Waals surface area contributed by atoms with E-state index in [1.165, 1.54) is 5.56 Å². The highest BCUT2D eigenvalue weighted by atomic mass is 16.1. The Bertz CT molecular complexity index is 633. The normalized spacial score (nSPS) is 18.4. The fourth-order valence-corrected chi connectivity index (χ4v) is 2.68. The van der Waals surface area contributed by atoms with Crippen molar-refractivity contribution in [3.8, 4) is 0 Å². The van der Waals surface area contributed by atoms with Crippen LogP contribution in [0.25, 0.3) is 0 Å².